The molecule has 1 fully saturated rings. The highest BCUT2D eigenvalue weighted by molar-refractivity contribution is 6.31. The van der Waals surface area contributed by atoms with Gasteiger partial charge in [-0.15, -0.1) is 0 Å². The minimum atomic E-state index is -0.783. The highest BCUT2D eigenvalue weighted by Crippen LogP contribution is 2.50. The number of halogens is 1. The van der Waals surface area contributed by atoms with Crippen molar-refractivity contribution in [1.29, 1.82) is 0 Å². The zero-order chi connectivity index (χ0) is 14.2. The highest BCUT2D eigenvalue weighted by atomic mass is 35.5. The monoisotopic (exact) mass is 285 g/mol. The van der Waals surface area contributed by atoms with Gasteiger partial charge in [0.2, 0.25) is 0 Å². The Hall–Kier alpha value is -0.580. The number of hydrogen-bond acceptors (Lipinski definition) is 3. The third kappa shape index (κ3) is 2.96. The quantitative estimate of drug-likeness (QED) is 0.903. The molecular formula is C14H24ClN3O. The van der Waals surface area contributed by atoms with Crippen LogP contribution in [0.5, 0.6) is 0 Å². The van der Waals surface area contributed by atoms with Crippen molar-refractivity contribution in [2.24, 2.45) is 11.8 Å². The van der Waals surface area contributed by atoms with Crippen LogP contribution in [0.15, 0.2) is 6.20 Å². The lowest BCUT2D eigenvalue weighted by molar-refractivity contribution is -0.0994. The Morgan fingerprint density at radius 1 is 1.53 bits per heavy atom. The minimum Gasteiger partial charge on any atom is -0.383 e. The summed E-state index contributed by atoms with van der Waals surface area (Å²) in [6, 6.07) is 0. The van der Waals surface area contributed by atoms with Gasteiger partial charge in [-0.2, -0.15) is 5.10 Å². The van der Waals surface area contributed by atoms with E-state index < -0.39 is 5.60 Å². The molecule has 1 aliphatic carbocycles. The second kappa shape index (κ2) is 5.43. The van der Waals surface area contributed by atoms with E-state index in [-0.39, 0.29) is 0 Å². The third-order valence-corrected chi connectivity index (χ3v) is 4.41. The van der Waals surface area contributed by atoms with Crippen molar-refractivity contribution in [1.82, 2.24) is 14.7 Å². The predicted octanol–water partition coefficient (Wildman–Crippen LogP) is 2.35. The van der Waals surface area contributed by atoms with Crippen molar-refractivity contribution >= 4 is 11.6 Å². The molecule has 0 aromatic carbocycles. The van der Waals surface area contributed by atoms with Crippen molar-refractivity contribution < 1.29 is 5.11 Å². The fraction of sp³-hybridized carbons (Fsp3) is 0.786. The van der Waals surface area contributed by atoms with Gasteiger partial charge in [0.25, 0.3) is 0 Å². The first kappa shape index (κ1) is 14.8. The molecule has 0 aliphatic heterocycles. The Morgan fingerprint density at radius 3 is 2.68 bits per heavy atom. The van der Waals surface area contributed by atoms with E-state index in [2.05, 4.69) is 23.8 Å². The molecule has 0 radical (unpaired) electrons. The maximum Gasteiger partial charge on any atom is 0.108 e. The lowest BCUT2D eigenvalue weighted by Gasteiger charge is -2.46. The fourth-order valence-electron chi connectivity index (χ4n) is 2.76. The van der Waals surface area contributed by atoms with Crippen LogP contribution in [0, 0.1) is 11.8 Å². The van der Waals surface area contributed by atoms with Crippen molar-refractivity contribution in [3.63, 3.8) is 0 Å². The number of hydrogen-bond donors (Lipinski definition) is 1. The van der Waals surface area contributed by atoms with Gasteiger partial charge in [0.05, 0.1) is 23.5 Å². The molecule has 0 atom stereocenters. The molecule has 1 aliphatic rings. The SMILES string of the molecule is CC(C)C1CC(O)(c2c(Cl)cnn2CCN(C)C)C1. The molecule has 1 aromatic heterocycles. The van der Waals surface area contributed by atoms with Crippen LogP contribution >= 0.6 is 11.6 Å². The maximum atomic E-state index is 10.8. The second-order valence-corrected chi connectivity index (χ2v) is 6.72. The summed E-state index contributed by atoms with van der Waals surface area (Å²) in [4.78, 5) is 2.10. The van der Waals surface area contributed by atoms with Crippen LogP contribution in [0.2, 0.25) is 5.02 Å². The van der Waals surface area contributed by atoms with Crippen molar-refractivity contribution in [2.45, 2.75) is 38.8 Å². The Balaban J connectivity index is 2.14. The summed E-state index contributed by atoms with van der Waals surface area (Å²) in [5, 5.41) is 15.6. The molecule has 1 heterocycles. The van der Waals surface area contributed by atoms with E-state index in [4.69, 9.17) is 11.6 Å². The summed E-state index contributed by atoms with van der Waals surface area (Å²) in [6.45, 7) is 6.04. The second-order valence-electron chi connectivity index (χ2n) is 6.31. The van der Waals surface area contributed by atoms with E-state index >= 15 is 0 Å². The largest absolute Gasteiger partial charge is 0.383 e. The zero-order valence-corrected chi connectivity index (χ0v) is 13.0. The molecular weight excluding hydrogens is 262 g/mol. The van der Waals surface area contributed by atoms with Gasteiger partial charge in [-0.25, -0.2) is 0 Å². The topological polar surface area (TPSA) is 41.3 Å². The Morgan fingerprint density at radius 2 is 2.16 bits per heavy atom. The number of rotatable bonds is 5. The number of aliphatic hydroxyl groups is 1. The van der Waals surface area contributed by atoms with E-state index in [1.807, 2.05) is 18.8 Å². The van der Waals surface area contributed by atoms with Gasteiger partial charge in [-0.3, -0.25) is 4.68 Å². The summed E-state index contributed by atoms with van der Waals surface area (Å²) < 4.78 is 1.86. The molecule has 0 bridgehead atoms. The van der Waals surface area contributed by atoms with Gasteiger partial charge in [-0.1, -0.05) is 25.4 Å². The van der Waals surface area contributed by atoms with Crippen LogP contribution in [0.1, 0.15) is 32.4 Å². The Bertz CT molecular complexity index is 436. The standard InChI is InChI=1S/C14H24ClN3O/c1-10(2)11-7-14(19,8-11)13-12(15)9-16-18(13)6-5-17(3)4/h9-11,19H,5-8H2,1-4H3. The van der Waals surface area contributed by atoms with E-state index in [9.17, 15) is 5.11 Å². The number of likely N-dealkylation sites (N-methyl/N-ethyl adjacent to an activating group) is 1. The van der Waals surface area contributed by atoms with Crippen LogP contribution in [-0.2, 0) is 12.1 Å². The summed E-state index contributed by atoms with van der Waals surface area (Å²) >= 11 is 6.23. The molecule has 108 valence electrons. The van der Waals surface area contributed by atoms with Crippen LogP contribution in [-0.4, -0.2) is 40.4 Å². The summed E-state index contributed by atoms with van der Waals surface area (Å²) in [7, 11) is 4.05. The molecule has 1 N–H and O–H groups in total. The van der Waals surface area contributed by atoms with Crippen LogP contribution < -0.4 is 0 Å². The first-order chi connectivity index (χ1) is 8.83. The Kier molecular flexibility index (Phi) is 4.23. The average Bonchev–Trinajstić information content (AvgIpc) is 2.63. The first-order valence-electron chi connectivity index (χ1n) is 6.92. The van der Waals surface area contributed by atoms with Gasteiger partial charge in [0.1, 0.15) is 5.60 Å². The van der Waals surface area contributed by atoms with E-state index in [1.165, 1.54) is 0 Å². The van der Waals surface area contributed by atoms with Gasteiger partial charge in [0.15, 0.2) is 0 Å². The summed E-state index contributed by atoms with van der Waals surface area (Å²) in [6.07, 6.45) is 3.23. The summed E-state index contributed by atoms with van der Waals surface area (Å²) in [5.74, 6) is 1.19. The van der Waals surface area contributed by atoms with Crippen molar-refractivity contribution in [2.75, 3.05) is 20.6 Å². The first-order valence-corrected chi connectivity index (χ1v) is 7.30. The minimum absolute atomic E-state index is 0.582. The molecule has 5 heteroatoms. The van der Waals surface area contributed by atoms with E-state index in [1.54, 1.807) is 6.20 Å². The van der Waals surface area contributed by atoms with Crippen molar-refractivity contribution in [3.05, 3.63) is 16.9 Å². The van der Waals surface area contributed by atoms with Gasteiger partial charge >= 0.3 is 0 Å². The fourth-order valence-corrected chi connectivity index (χ4v) is 3.08. The molecule has 2 rings (SSSR count). The number of nitrogens with zero attached hydrogens (tertiary/aromatic N) is 3. The van der Waals surface area contributed by atoms with E-state index in [0.29, 0.717) is 16.9 Å². The van der Waals surface area contributed by atoms with Crippen LogP contribution in [0.25, 0.3) is 0 Å². The molecule has 19 heavy (non-hydrogen) atoms. The molecule has 1 aromatic rings. The molecule has 1 saturated carbocycles. The molecule has 0 spiro atoms. The van der Waals surface area contributed by atoms with Gasteiger partial charge < -0.3 is 10.0 Å². The summed E-state index contributed by atoms with van der Waals surface area (Å²) in [5.41, 5.74) is 0.0161. The Labute approximate surface area is 120 Å². The highest BCUT2D eigenvalue weighted by Gasteiger charge is 2.48. The predicted molar refractivity (Wildman–Crippen MR) is 77.2 cm³/mol. The van der Waals surface area contributed by atoms with Crippen LogP contribution in [0.4, 0.5) is 0 Å². The molecule has 0 amide bonds. The maximum absolute atomic E-state index is 10.8. The van der Waals surface area contributed by atoms with E-state index in [0.717, 1.165) is 31.6 Å². The molecule has 0 unspecified atom stereocenters. The van der Waals surface area contributed by atoms with Gasteiger partial charge in [-0.05, 0) is 38.8 Å². The van der Waals surface area contributed by atoms with Crippen LogP contribution in [0.3, 0.4) is 0 Å². The third-order valence-electron chi connectivity index (χ3n) is 4.14. The average molecular weight is 286 g/mol. The number of aromatic nitrogens is 2. The lowest BCUT2D eigenvalue weighted by atomic mass is 9.65. The van der Waals surface area contributed by atoms with Gasteiger partial charge in [0, 0.05) is 6.54 Å². The normalized spacial score (nSPS) is 27.1. The lowest BCUT2D eigenvalue weighted by Crippen LogP contribution is -2.45. The van der Waals surface area contributed by atoms with Crippen molar-refractivity contribution in [3.8, 4) is 0 Å². The smallest absolute Gasteiger partial charge is 0.108 e. The molecule has 4 nitrogen and oxygen atoms in total. The zero-order valence-electron chi connectivity index (χ0n) is 12.2. The molecule has 0 saturated heterocycles.